The van der Waals surface area contributed by atoms with Gasteiger partial charge in [0.25, 0.3) is 5.91 Å². The van der Waals surface area contributed by atoms with Crippen molar-refractivity contribution in [1.29, 1.82) is 0 Å². The number of hydrogen-bond acceptors (Lipinski definition) is 13. The van der Waals surface area contributed by atoms with Gasteiger partial charge in [0.05, 0.1) is 31.2 Å². The third-order valence-corrected chi connectivity index (χ3v) is 11.2. The highest BCUT2D eigenvalue weighted by atomic mass is 35.5. The average molecular weight is 1000 g/mol. The molecule has 0 spiro atoms. The second kappa shape index (κ2) is 21.7. The number of piperidine rings is 1. The monoisotopic (exact) mass is 1000 g/mol. The maximum atomic E-state index is 13.1. The number of likely N-dealkylation sites (tertiary alicyclic amines) is 1. The van der Waals surface area contributed by atoms with Crippen molar-refractivity contribution in [3.05, 3.63) is 127 Å². The number of carboxylic acids is 2. The highest BCUT2D eigenvalue weighted by Crippen LogP contribution is 2.42. The van der Waals surface area contributed by atoms with Crippen LogP contribution in [0, 0.1) is 0 Å². The van der Waals surface area contributed by atoms with Crippen LogP contribution in [-0.4, -0.2) is 100 Å². The number of aliphatic carboxylic acids is 2. The van der Waals surface area contributed by atoms with Crippen molar-refractivity contribution >= 4 is 105 Å². The molecule has 1 aliphatic heterocycles. The van der Waals surface area contributed by atoms with Gasteiger partial charge in [-0.25, -0.2) is 9.59 Å². The number of rotatable bonds is 17. The molecule has 0 bridgehead atoms. The van der Waals surface area contributed by atoms with E-state index in [2.05, 4.69) is 0 Å². The second-order valence-corrected chi connectivity index (χ2v) is 16.6. The lowest BCUT2D eigenvalue weighted by atomic mass is 10.0. The minimum Gasteiger partial charge on any atom is -0.507 e. The summed E-state index contributed by atoms with van der Waals surface area (Å²) in [5.41, 5.74) is 0.134. The molecular weight excluding hydrogens is 968 g/mol. The Morgan fingerprint density at radius 1 is 0.545 bits per heavy atom. The fourth-order valence-corrected chi connectivity index (χ4v) is 7.96. The van der Waals surface area contributed by atoms with Gasteiger partial charge in [-0.15, -0.1) is 0 Å². The number of phenols is 2. The summed E-state index contributed by atoms with van der Waals surface area (Å²) in [6.45, 7) is -2.16. The Kier molecular flexibility index (Phi) is 16.1. The molecule has 21 heteroatoms. The number of carbonyl (C=O) groups excluding carboxylic acids is 4. The summed E-state index contributed by atoms with van der Waals surface area (Å²) in [6, 6.07) is 18.8. The maximum absolute atomic E-state index is 13.1. The second-order valence-electron chi connectivity index (χ2n) is 14.6. The van der Waals surface area contributed by atoms with Crippen molar-refractivity contribution in [2.75, 3.05) is 49.1 Å². The molecule has 344 valence electrons. The number of benzene rings is 5. The molecule has 66 heavy (non-hydrogen) atoms. The summed E-state index contributed by atoms with van der Waals surface area (Å²) in [6.07, 6.45) is 2.67. The number of ether oxygens (including phenoxy) is 3. The third-order valence-electron chi connectivity index (χ3n) is 9.82. The van der Waals surface area contributed by atoms with Gasteiger partial charge in [-0.1, -0.05) is 58.0 Å². The fraction of sp³-hybridized carbons (Fsp3) is 0.200. The summed E-state index contributed by atoms with van der Waals surface area (Å²) in [4.78, 5) is 79.8. The number of ketones is 1. The van der Waals surface area contributed by atoms with E-state index in [1.165, 1.54) is 84.9 Å². The Hall–Kier alpha value is -6.43. The smallest absolute Gasteiger partial charge is 0.333 e. The number of nitrogens with zero attached hydrogens (tertiary/aromatic N) is 3. The number of hydrogen-bond donors (Lipinski definition) is 4. The molecule has 1 aliphatic rings. The highest BCUT2D eigenvalue weighted by Gasteiger charge is 2.26. The number of phenolic OH excluding ortho intramolecular Hbond substituents is 2. The zero-order chi connectivity index (χ0) is 47.8. The number of aromatic hydroxyl groups is 2. The van der Waals surface area contributed by atoms with Crippen LogP contribution in [0.4, 0.5) is 11.4 Å². The summed E-state index contributed by atoms with van der Waals surface area (Å²) in [7, 11) is 0. The van der Waals surface area contributed by atoms with E-state index in [9.17, 15) is 49.2 Å². The minimum absolute atomic E-state index is 0.00611. The van der Waals surface area contributed by atoms with Crippen LogP contribution in [0.5, 0.6) is 34.5 Å². The summed E-state index contributed by atoms with van der Waals surface area (Å²) < 4.78 is 16.7. The molecule has 0 aliphatic carbocycles. The molecule has 1 saturated heterocycles. The SMILES string of the molecule is O=C(O)CN(CC(=O)OC(=O)CN(CC(=O)O)c1cc(Cl)c(Oc2ccc(O)c(C(=O)N3CCCCC3)c2)c(Cl)c1)c1cc(Cl)c(Oc2ccc(O)c(C(=O)c3ccc(Cl)cc3)c2)c(Cl)c1. The van der Waals surface area contributed by atoms with Gasteiger partial charge in [-0.05, 0) is 104 Å². The van der Waals surface area contributed by atoms with E-state index < -0.39 is 55.8 Å². The van der Waals surface area contributed by atoms with E-state index in [-0.39, 0.29) is 88.6 Å². The molecule has 16 nitrogen and oxygen atoms in total. The Bertz CT molecular complexity index is 2670. The van der Waals surface area contributed by atoms with E-state index in [4.69, 9.17) is 72.2 Å². The predicted molar refractivity (Wildman–Crippen MR) is 245 cm³/mol. The Morgan fingerprint density at radius 3 is 1.41 bits per heavy atom. The summed E-state index contributed by atoms with van der Waals surface area (Å²) in [5.74, 6) is -6.82. The zero-order valence-corrected chi connectivity index (χ0v) is 37.9. The quantitative estimate of drug-likeness (QED) is 0.0387. The predicted octanol–water partition coefficient (Wildman–Crippen LogP) is 9.36. The van der Waals surface area contributed by atoms with Gasteiger partial charge in [0, 0.05) is 35.1 Å². The molecule has 0 aromatic heterocycles. The lowest BCUT2D eigenvalue weighted by Gasteiger charge is -2.27. The Morgan fingerprint density at radius 2 is 0.970 bits per heavy atom. The van der Waals surface area contributed by atoms with E-state index in [0.717, 1.165) is 29.1 Å². The molecule has 0 unspecified atom stereocenters. The molecular formula is C45H36Cl5N3O13. The van der Waals surface area contributed by atoms with Crippen LogP contribution < -0.4 is 19.3 Å². The number of carboxylic acid groups (broad SMARTS) is 2. The standard InChI is InChI=1S/C45H36Cl5N3O13/c46-25-6-4-24(5-7-25)42(62)30-18-28(8-10-36(30)54)64-43-32(47)14-26(15-33(43)48)52(20-38(56)57)22-40(60)66-41(61)23-53(21-39(58)59)27-16-34(49)44(35(50)17-27)65-29-9-11-37(55)31(19-29)45(63)51-12-2-1-3-13-51/h4-11,14-19,54-55H,1-3,12-13,20-23H2,(H,56,57)(H,58,59). The average Bonchev–Trinajstić information content (AvgIpc) is 3.26. The van der Waals surface area contributed by atoms with Gasteiger partial charge >= 0.3 is 23.9 Å². The van der Waals surface area contributed by atoms with Crippen LogP contribution in [0.3, 0.4) is 0 Å². The van der Waals surface area contributed by atoms with Crippen LogP contribution in [-0.2, 0) is 23.9 Å². The molecule has 6 rings (SSSR count). The first-order chi connectivity index (χ1) is 31.4. The van der Waals surface area contributed by atoms with Crippen molar-refractivity contribution in [2.45, 2.75) is 19.3 Å². The van der Waals surface area contributed by atoms with Crippen molar-refractivity contribution in [2.24, 2.45) is 0 Å². The van der Waals surface area contributed by atoms with E-state index in [1.54, 1.807) is 4.90 Å². The van der Waals surface area contributed by atoms with Crippen molar-refractivity contribution in [1.82, 2.24) is 4.90 Å². The topological polar surface area (TPSA) is 221 Å². The van der Waals surface area contributed by atoms with Gasteiger partial charge in [0.2, 0.25) is 0 Å². The number of anilines is 2. The number of halogens is 5. The summed E-state index contributed by atoms with van der Waals surface area (Å²) >= 11 is 32.0. The molecule has 1 heterocycles. The largest absolute Gasteiger partial charge is 0.507 e. The minimum atomic E-state index is -1.39. The molecule has 0 radical (unpaired) electrons. The van der Waals surface area contributed by atoms with E-state index in [0.29, 0.717) is 18.1 Å². The van der Waals surface area contributed by atoms with Crippen LogP contribution in [0.2, 0.25) is 25.1 Å². The number of carbonyl (C=O) groups is 6. The molecule has 1 amide bonds. The van der Waals surface area contributed by atoms with Crippen LogP contribution in [0.15, 0.2) is 84.9 Å². The molecule has 1 fully saturated rings. The third kappa shape index (κ3) is 12.5. The van der Waals surface area contributed by atoms with Crippen LogP contribution in [0.1, 0.15) is 45.5 Å². The molecule has 0 saturated carbocycles. The van der Waals surface area contributed by atoms with Gasteiger partial charge in [-0.3, -0.25) is 19.2 Å². The lowest BCUT2D eigenvalue weighted by Crippen LogP contribution is -2.39. The number of amides is 1. The molecule has 0 atom stereocenters. The van der Waals surface area contributed by atoms with Gasteiger partial charge < -0.3 is 49.3 Å². The molecule has 5 aromatic carbocycles. The van der Waals surface area contributed by atoms with Crippen molar-refractivity contribution in [3.8, 4) is 34.5 Å². The van der Waals surface area contributed by atoms with Crippen molar-refractivity contribution < 1.29 is 63.4 Å². The normalized spacial score (nSPS) is 12.2. The highest BCUT2D eigenvalue weighted by molar-refractivity contribution is 6.38. The zero-order valence-electron chi connectivity index (χ0n) is 34.1. The van der Waals surface area contributed by atoms with E-state index >= 15 is 0 Å². The van der Waals surface area contributed by atoms with Gasteiger partial charge in [0.1, 0.15) is 49.2 Å². The first-order valence-electron chi connectivity index (χ1n) is 19.6. The Labute approximate surface area is 400 Å². The van der Waals surface area contributed by atoms with Crippen molar-refractivity contribution in [3.63, 3.8) is 0 Å². The van der Waals surface area contributed by atoms with Gasteiger partial charge in [0.15, 0.2) is 17.3 Å². The van der Waals surface area contributed by atoms with E-state index in [1.807, 2.05) is 0 Å². The van der Waals surface area contributed by atoms with Crippen LogP contribution >= 0.6 is 58.0 Å². The van der Waals surface area contributed by atoms with Gasteiger partial charge in [-0.2, -0.15) is 0 Å². The number of esters is 2. The lowest BCUT2D eigenvalue weighted by molar-refractivity contribution is -0.157. The maximum Gasteiger partial charge on any atom is 0.333 e. The first-order valence-corrected chi connectivity index (χ1v) is 21.5. The fourth-order valence-electron chi connectivity index (χ4n) is 6.73. The Balaban J connectivity index is 1.13. The van der Waals surface area contributed by atoms with Crippen LogP contribution in [0.25, 0.3) is 0 Å². The molecule has 4 N–H and O–H groups in total. The first kappa shape index (κ1) is 49.0. The molecule has 5 aromatic rings. The summed E-state index contributed by atoms with van der Waals surface area (Å²) in [5, 5.41) is 40.0.